The van der Waals surface area contributed by atoms with Crippen LogP contribution in [0.2, 0.25) is 0 Å². The molecule has 3 aliphatic rings. The predicted molar refractivity (Wildman–Crippen MR) is 124 cm³/mol. The number of ether oxygens (including phenoxy) is 1. The topological polar surface area (TPSA) is 115 Å². The third kappa shape index (κ3) is 4.58. The number of nitrogens with zero attached hydrogens (tertiary/aromatic N) is 3. The smallest absolute Gasteiger partial charge is 0.407 e. The van der Waals surface area contributed by atoms with Crippen LogP contribution in [-0.4, -0.2) is 47.2 Å². The number of hydrogen-bond donors (Lipinski definition) is 2. The lowest BCUT2D eigenvalue weighted by molar-refractivity contribution is 0.0996. The molecule has 178 valence electrons. The van der Waals surface area contributed by atoms with E-state index in [1.807, 2.05) is 10.7 Å². The second-order valence-electron chi connectivity index (χ2n) is 10.3. The van der Waals surface area contributed by atoms with Crippen LogP contribution in [0.15, 0.2) is 23.2 Å². The first kappa shape index (κ1) is 22.2. The molecule has 0 saturated heterocycles. The minimum absolute atomic E-state index is 0.103. The first-order valence-corrected chi connectivity index (χ1v) is 13.3. The average molecular weight is 474 g/mol. The zero-order valence-corrected chi connectivity index (χ0v) is 20.1. The summed E-state index contributed by atoms with van der Waals surface area (Å²) < 4.78 is 32.2. The van der Waals surface area contributed by atoms with Crippen molar-refractivity contribution in [3.63, 3.8) is 0 Å². The monoisotopic (exact) mass is 473 g/mol. The summed E-state index contributed by atoms with van der Waals surface area (Å²) >= 11 is 0. The summed E-state index contributed by atoms with van der Waals surface area (Å²) in [4.78, 5) is 16.8. The molecule has 0 spiro atoms. The largest absolute Gasteiger partial charge is 0.446 e. The van der Waals surface area contributed by atoms with E-state index < -0.39 is 9.84 Å². The quantitative estimate of drug-likeness (QED) is 0.681. The van der Waals surface area contributed by atoms with Crippen LogP contribution in [-0.2, 0) is 26.5 Å². The Morgan fingerprint density at radius 3 is 2.73 bits per heavy atom. The molecule has 2 aliphatic carbocycles. The fourth-order valence-electron chi connectivity index (χ4n) is 4.68. The Morgan fingerprint density at radius 2 is 2.00 bits per heavy atom. The van der Waals surface area contributed by atoms with Crippen molar-refractivity contribution in [1.29, 1.82) is 0 Å². The van der Waals surface area contributed by atoms with E-state index in [0.29, 0.717) is 17.1 Å². The molecule has 1 amide bonds. The van der Waals surface area contributed by atoms with Crippen molar-refractivity contribution in [2.24, 2.45) is 0 Å². The first-order chi connectivity index (χ1) is 15.6. The Morgan fingerprint density at radius 1 is 1.21 bits per heavy atom. The highest BCUT2D eigenvalue weighted by molar-refractivity contribution is 7.91. The van der Waals surface area contributed by atoms with Crippen molar-refractivity contribution in [3.05, 3.63) is 29.6 Å². The number of carbonyl (C=O) groups excluding carboxylic acids is 1. The van der Waals surface area contributed by atoms with Crippen molar-refractivity contribution in [2.75, 3.05) is 11.1 Å². The zero-order valence-electron chi connectivity index (χ0n) is 19.3. The van der Waals surface area contributed by atoms with Gasteiger partial charge in [0.15, 0.2) is 9.84 Å². The lowest BCUT2D eigenvalue weighted by Gasteiger charge is -2.23. The van der Waals surface area contributed by atoms with Crippen molar-refractivity contribution >= 4 is 27.6 Å². The number of anilines is 2. The summed E-state index contributed by atoms with van der Waals surface area (Å²) in [5.41, 5.74) is 1.39. The average Bonchev–Trinajstić information content (AvgIpc) is 3.11. The summed E-state index contributed by atoms with van der Waals surface area (Å²) in [6.07, 6.45) is 6.11. The number of rotatable bonds is 5. The Balaban J connectivity index is 1.36. The number of carbonyl (C=O) groups is 1. The summed E-state index contributed by atoms with van der Waals surface area (Å²) in [7, 11) is -3.24. The molecule has 2 atom stereocenters. The maximum atomic E-state index is 12.3. The van der Waals surface area contributed by atoms with Crippen LogP contribution in [0, 0.1) is 0 Å². The van der Waals surface area contributed by atoms with Crippen LogP contribution >= 0.6 is 0 Å². The zero-order chi connectivity index (χ0) is 23.4. The van der Waals surface area contributed by atoms with Gasteiger partial charge in [0, 0.05) is 29.8 Å². The van der Waals surface area contributed by atoms with Gasteiger partial charge < -0.3 is 15.4 Å². The molecule has 5 rings (SSSR count). The molecule has 33 heavy (non-hydrogen) atoms. The lowest BCUT2D eigenvalue weighted by Crippen LogP contribution is -2.29. The van der Waals surface area contributed by atoms with Gasteiger partial charge in [0.25, 0.3) is 0 Å². The highest BCUT2D eigenvalue weighted by Crippen LogP contribution is 2.39. The van der Waals surface area contributed by atoms with Gasteiger partial charge in [-0.15, -0.1) is 0 Å². The molecule has 0 bridgehead atoms. The summed E-state index contributed by atoms with van der Waals surface area (Å²) in [6.45, 7) is 6.22. The van der Waals surface area contributed by atoms with Gasteiger partial charge in [0.1, 0.15) is 17.7 Å². The van der Waals surface area contributed by atoms with Gasteiger partial charge in [0.05, 0.1) is 21.9 Å². The predicted octanol–water partition coefficient (Wildman–Crippen LogP) is 3.63. The Labute approximate surface area is 194 Å². The SMILES string of the molecule is CC(C)(C)n1nc([C@H]2CC[C@@H](OC(=O)NC3CC3)C2)cc1Nc1nccc2c1CCS2(=O)=O. The molecular weight excluding hydrogens is 442 g/mol. The Hall–Kier alpha value is -2.62. The maximum Gasteiger partial charge on any atom is 0.407 e. The second kappa shape index (κ2) is 8.00. The van der Waals surface area contributed by atoms with Crippen molar-refractivity contribution in [3.8, 4) is 0 Å². The Kier molecular flexibility index (Phi) is 5.38. The van der Waals surface area contributed by atoms with Crippen molar-refractivity contribution < 1.29 is 17.9 Å². The number of nitrogens with one attached hydrogen (secondary N) is 2. The second-order valence-corrected chi connectivity index (χ2v) is 12.4. The molecule has 1 aliphatic heterocycles. The minimum atomic E-state index is -3.24. The van der Waals surface area contributed by atoms with Gasteiger partial charge in [-0.05, 0) is 65.4 Å². The van der Waals surface area contributed by atoms with Gasteiger partial charge in [-0.1, -0.05) is 0 Å². The van der Waals surface area contributed by atoms with Gasteiger partial charge in [0.2, 0.25) is 0 Å². The van der Waals surface area contributed by atoms with Crippen LogP contribution < -0.4 is 10.6 Å². The van der Waals surface area contributed by atoms with Crippen molar-refractivity contribution in [2.45, 2.75) is 87.8 Å². The molecule has 3 heterocycles. The maximum absolute atomic E-state index is 12.3. The number of pyridine rings is 1. The van der Waals surface area contributed by atoms with Gasteiger partial charge >= 0.3 is 6.09 Å². The van der Waals surface area contributed by atoms with Crippen LogP contribution in [0.25, 0.3) is 0 Å². The molecule has 0 unspecified atom stereocenters. The van der Waals surface area contributed by atoms with Crippen LogP contribution in [0.3, 0.4) is 0 Å². The number of sulfone groups is 1. The molecule has 2 fully saturated rings. The number of fused-ring (bicyclic) bond motifs is 1. The highest BCUT2D eigenvalue weighted by atomic mass is 32.2. The molecule has 2 saturated carbocycles. The van der Waals surface area contributed by atoms with E-state index in [1.165, 1.54) is 6.20 Å². The fraction of sp³-hybridized carbons (Fsp3) is 0.609. The first-order valence-electron chi connectivity index (χ1n) is 11.7. The van der Waals surface area contributed by atoms with E-state index in [-0.39, 0.29) is 35.4 Å². The highest BCUT2D eigenvalue weighted by Gasteiger charge is 2.34. The molecule has 0 radical (unpaired) electrons. The molecule has 0 aromatic carbocycles. The summed E-state index contributed by atoms with van der Waals surface area (Å²) in [5, 5.41) is 11.1. The standard InChI is InChI=1S/C23H31N5O4S/c1-23(2,3)28-20(26-21-17-9-11-33(30,31)19(17)8-10-24-21)13-18(27-28)14-4-7-16(12-14)32-22(29)25-15-5-6-15/h8,10,13-16H,4-7,9,11-12H2,1-3H3,(H,24,26)(H,25,29)/t14-,16+/m0/s1. The summed E-state index contributed by atoms with van der Waals surface area (Å²) in [5.74, 6) is 1.65. The lowest BCUT2D eigenvalue weighted by atomic mass is 10.0. The number of hydrogen-bond acceptors (Lipinski definition) is 7. The molecule has 2 N–H and O–H groups in total. The molecule has 10 heteroatoms. The van der Waals surface area contributed by atoms with Crippen LogP contribution in [0.1, 0.15) is 70.1 Å². The third-order valence-electron chi connectivity index (χ3n) is 6.55. The third-order valence-corrected chi connectivity index (χ3v) is 8.35. The van der Waals surface area contributed by atoms with Gasteiger partial charge in [-0.3, -0.25) is 0 Å². The molecule has 9 nitrogen and oxygen atoms in total. The van der Waals surface area contributed by atoms with E-state index >= 15 is 0 Å². The van der Waals surface area contributed by atoms with Crippen LogP contribution in [0.4, 0.5) is 16.4 Å². The van der Waals surface area contributed by atoms with E-state index in [9.17, 15) is 13.2 Å². The minimum Gasteiger partial charge on any atom is -0.446 e. The molecular formula is C23H31N5O4S. The van der Waals surface area contributed by atoms with Gasteiger partial charge in [-0.25, -0.2) is 22.9 Å². The summed E-state index contributed by atoms with van der Waals surface area (Å²) in [6, 6.07) is 3.88. The van der Waals surface area contributed by atoms with Crippen molar-refractivity contribution in [1.82, 2.24) is 20.1 Å². The molecule has 2 aromatic heterocycles. The van der Waals surface area contributed by atoms with Gasteiger partial charge in [-0.2, -0.15) is 5.10 Å². The van der Waals surface area contributed by atoms with E-state index in [2.05, 4.69) is 36.4 Å². The van der Waals surface area contributed by atoms with E-state index in [0.717, 1.165) is 49.2 Å². The molecule has 2 aromatic rings. The van der Waals surface area contributed by atoms with E-state index in [1.54, 1.807) is 6.07 Å². The number of aromatic nitrogens is 3. The Bertz CT molecular complexity index is 1180. The number of alkyl carbamates (subject to hydrolysis) is 1. The van der Waals surface area contributed by atoms with Crippen LogP contribution in [0.5, 0.6) is 0 Å². The fourth-order valence-corrected chi connectivity index (χ4v) is 6.21. The number of amides is 1. The van der Waals surface area contributed by atoms with E-state index in [4.69, 9.17) is 9.84 Å². The normalized spacial score (nSPS) is 23.8.